The minimum atomic E-state index is -0.628. The predicted octanol–water partition coefficient (Wildman–Crippen LogP) is 1.84. The molecule has 0 fully saturated rings. The van der Waals surface area contributed by atoms with Crippen LogP contribution in [0, 0.1) is 11.3 Å². The lowest BCUT2D eigenvalue weighted by molar-refractivity contribution is 0.172. The molecule has 1 rings (SSSR count). The number of hydrogen-bond acceptors (Lipinski definition) is 3. The summed E-state index contributed by atoms with van der Waals surface area (Å²) in [6.45, 7) is 3.54. The number of nitrogens with one attached hydrogen (secondary N) is 2. The summed E-state index contributed by atoms with van der Waals surface area (Å²) in [7, 11) is 0. The third-order valence-corrected chi connectivity index (χ3v) is 2.82. The second-order valence-corrected chi connectivity index (χ2v) is 4.34. The fourth-order valence-electron chi connectivity index (χ4n) is 1.30. The van der Waals surface area contributed by atoms with Crippen LogP contribution in [0.3, 0.4) is 0 Å². The smallest absolute Gasteiger partial charge is 0.319 e. The van der Waals surface area contributed by atoms with Gasteiger partial charge in [-0.3, -0.25) is 0 Å². The molecule has 0 spiro atoms. The lowest BCUT2D eigenvalue weighted by Crippen LogP contribution is -2.50. The van der Waals surface area contributed by atoms with Crippen LogP contribution in [0.25, 0.3) is 0 Å². The standard InChI is InChI=1S/C13H17N3O2/c1-3-13(2,9-17)16-12(18)15-11-6-4-10(8-14)5-7-11/h4-7,17H,3,9H2,1-2H3,(H2,15,16,18). The van der Waals surface area contributed by atoms with Gasteiger partial charge in [-0.2, -0.15) is 5.26 Å². The summed E-state index contributed by atoms with van der Waals surface area (Å²) in [6, 6.07) is 8.18. The van der Waals surface area contributed by atoms with Crippen molar-refractivity contribution in [3.8, 4) is 6.07 Å². The Morgan fingerprint density at radius 1 is 1.44 bits per heavy atom. The van der Waals surface area contributed by atoms with E-state index in [1.807, 2.05) is 13.0 Å². The van der Waals surface area contributed by atoms with Gasteiger partial charge in [-0.05, 0) is 37.6 Å². The minimum absolute atomic E-state index is 0.121. The first-order chi connectivity index (χ1) is 8.53. The van der Waals surface area contributed by atoms with E-state index in [2.05, 4.69) is 10.6 Å². The molecule has 1 unspecified atom stereocenters. The van der Waals surface area contributed by atoms with E-state index in [1.165, 1.54) is 0 Å². The lowest BCUT2D eigenvalue weighted by Gasteiger charge is -2.27. The number of aliphatic hydroxyl groups is 1. The molecule has 0 radical (unpaired) electrons. The van der Waals surface area contributed by atoms with Crippen LogP contribution in [0.4, 0.5) is 10.5 Å². The number of nitrogens with zero attached hydrogens (tertiary/aromatic N) is 1. The van der Waals surface area contributed by atoms with Crippen molar-refractivity contribution in [1.29, 1.82) is 5.26 Å². The lowest BCUT2D eigenvalue weighted by atomic mass is 10.0. The van der Waals surface area contributed by atoms with Gasteiger partial charge in [0.05, 0.1) is 23.8 Å². The third-order valence-electron chi connectivity index (χ3n) is 2.82. The second-order valence-electron chi connectivity index (χ2n) is 4.34. The van der Waals surface area contributed by atoms with E-state index < -0.39 is 5.54 Å². The first-order valence-corrected chi connectivity index (χ1v) is 5.73. The Kier molecular flexibility index (Phi) is 4.69. The molecule has 0 aliphatic carbocycles. The predicted molar refractivity (Wildman–Crippen MR) is 69.1 cm³/mol. The molecule has 3 N–H and O–H groups in total. The number of amides is 2. The highest BCUT2D eigenvalue weighted by molar-refractivity contribution is 5.89. The number of rotatable bonds is 4. The van der Waals surface area contributed by atoms with E-state index in [-0.39, 0.29) is 12.6 Å². The van der Waals surface area contributed by atoms with Crippen LogP contribution in [0.2, 0.25) is 0 Å². The highest BCUT2D eigenvalue weighted by Crippen LogP contribution is 2.11. The average molecular weight is 247 g/mol. The van der Waals surface area contributed by atoms with Crippen LogP contribution < -0.4 is 10.6 Å². The fraction of sp³-hybridized carbons (Fsp3) is 0.385. The van der Waals surface area contributed by atoms with E-state index in [1.54, 1.807) is 31.2 Å². The monoisotopic (exact) mass is 247 g/mol. The third kappa shape index (κ3) is 3.75. The van der Waals surface area contributed by atoms with Gasteiger partial charge in [0.15, 0.2) is 0 Å². The van der Waals surface area contributed by atoms with Gasteiger partial charge in [0.2, 0.25) is 0 Å². The molecule has 96 valence electrons. The molecule has 5 heteroatoms. The highest BCUT2D eigenvalue weighted by Gasteiger charge is 2.22. The van der Waals surface area contributed by atoms with Crippen molar-refractivity contribution in [3.63, 3.8) is 0 Å². The number of hydrogen-bond donors (Lipinski definition) is 3. The summed E-state index contributed by atoms with van der Waals surface area (Å²) in [4.78, 5) is 11.7. The van der Waals surface area contributed by atoms with Crippen LogP contribution in [0.1, 0.15) is 25.8 Å². The molecule has 0 aliphatic heterocycles. The van der Waals surface area contributed by atoms with Gasteiger partial charge < -0.3 is 15.7 Å². The van der Waals surface area contributed by atoms with Gasteiger partial charge in [0, 0.05) is 5.69 Å². The molecule has 0 aromatic heterocycles. The van der Waals surface area contributed by atoms with Crippen LogP contribution in [-0.4, -0.2) is 23.3 Å². The number of urea groups is 1. The number of aliphatic hydroxyl groups excluding tert-OH is 1. The SMILES string of the molecule is CCC(C)(CO)NC(=O)Nc1ccc(C#N)cc1. The largest absolute Gasteiger partial charge is 0.394 e. The van der Waals surface area contributed by atoms with E-state index in [0.717, 1.165) is 0 Å². The Balaban J connectivity index is 2.62. The van der Waals surface area contributed by atoms with Crippen LogP contribution in [-0.2, 0) is 0 Å². The van der Waals surface area contributed by atoms with Gasteiger partial charge in [0.1, 0.15) is 0 Å². The van der Waals surface area contributed by atoms with Crippen molar-refractivity contribution in [2.75, 3.05) is 11.9 Å². The first kappa shape index (κ1) is 14.0. The van der Waals surface area contributed by atoms with Crippen LogP contribution >= 0.6 is 0 Å². The summed E-state index contributed by atoms with van der Waals surface area (Å²) in [5.41, 5.74) is 0.508. The van der Waals surface area contributed by atoms with E-state index in [0.29, 0.717) is 17.7 Å². The van der Waals surface area contributed by atoms with Crippen LogP contribution in [0.15, 0.2) is 24.3 Å². The maximum Gasteiger partial charge on any atom is 0.319 e. The summed E-state index contributed by atoms with van der Waals surface area (Å²) in [5, 5.41) is 23.2. The van der Waals surface area contributed by atoms with Gasteiger partial charge in [0.25, 0.3) is 0 Å². The Bertz CT molecular complexity index is 444. The summed E-state index contributed by atoms with van der Waals surface area (Å²) in [6.07, 6.45) is 0.629. The maximum absolute atomic E-state index is 11.7. The zero-order valence-corrected chi connectivity index (χ0v) is 10.5. The number of anilines is 1. The van der Waals surface area contributed by atoms with Crippen molar-refractivity contribution < 1.29 is 9.90 Å². The highest BCUT2D eigenvalue weighted by atomic mass is 16.3. The molecule has 0 saturated heterocycles. The molecule has 0 aliphatic rings. The molecular weight excluding hydrogens is 230 g/mol. The molecule has 0 saturated carbocycles. The number of carbonyl (C=O) groups is 1. The van der Waals surface area contributed by atoms with Crippen molar-refractivity contribution in [2.45, 2.75) is 25.8 Å². The van der Waals surface area contributed by atoms with E-state index in [9.17, 15) is 9.90 Å². The minimum Gasteiger partial charge on any atom is -0.394 e. The average Bonchev–Trinajstić information content (AvgIpc) is 2.39. The summed E-state index contributed by atoms with van der Waals surface area (Å²) < 4.78 is 0. The molecule has 1 atom stereocenters. The van der Waals surface area contributed by atoms with Gasteiger partial charge in [-0.25, -0.2) is 4.79 Å². The molecular formula is C13H17N3O2. The van der Waals surface area contributed by atoms with Crippen molar-refractivity contribution in [3.05, 3.63) is 29.8 Å². The number of benzene rings is 1. The summed E-state index contributed by atoms with van der Waals surface area (Å²) >= 11 is 0. The van der Waals surface area contributed by atoms with Crippen molar-refractivity contribution in [1.82, 2.24) is 5.32 Å². The Hall–Kier alpha value is -2.06. The molecule has 1 aromatic carbocycles. The topological polar surface area (TPSA) is 85.2 Å². The molecule has 0 heterocycles. The van der Waals surface area contributed by atoms with E-state index >= 15 is 0 Å². The first-order valence-electron chi connectivity index (χ1n) is 5.73. The Morgan fingerprint density at radius 3 is 2.50 bits per heavy atom. The van der Waals surface area contributed by atoms with Gasteiger partial charge in [-0.15, -0.1) is 0 Å². The molecule has 1 aromatic rings. The quantitative estimate of drug-likeness (QED) is 0.759. The zero-order chi connectivity index (χ0) is 13.6. The van der Waals surface area contributed by atoms with E-state index in [4.69, 9.17) is 5.26 Å². The number of carbonyl (C=O) groups excluding carboxylic acids is 1. The molecule has 0 bridgehead atoms. The Labute approximate surface area is 106 Å². The molecule has 2 amide bonds. The van der Waals surface area contributed by atoms with Crippen LogP contribution in [0.5, 0.6) is 0 Å². The normalized spacial score (nSPS) is 13.2. The van der Waals surface area contributed by atoms with Crippen molar-refractivity contribution >= 4 is 11.7 Å². The molecule has 5 nitrogen and oxygen atoms in total. The second kappa shape index (κ2) is 6.03. The number of nitriles is 1. The van der Waals surface area contributed by atoms with Gasteiger partial charge in [-0.1, -0.05) is 6.92 Å². The Morgan fingerprint density at radius 2 is 2.06 bits per heavy atom. The fourth-order valence-corrected chi connectivity index (χ4v) is 1.30. The van der Waals surface area contributed by atoms with Gasteiger partial charge >= 0.3 is 6.03 Å². The van der Waals surface area contributed by atoms with Crippen molar-refractivity contribution in [2.24, 2.45) is 0 Å². The molecule has 18 heavy (non-hydrogen) atoms. The zero-order valence-electron chi connectivity index (χ0n) is 10.5. The summed E-state index contributed by atoms with van der Waals surface area (Å²) in [5.74, 6) is 0. The maximum atomic E-state index is 11.7.